The number of carbonyl (C=O) groups is 1. The Balaban J connectivity index is 1.44. The third kappa shape index (κ3) is 5.22. The second-order valence-electron chi connectivity index (χ2n) is 8.55. The van der Waals surface area contributed by atoms with Crippen molar-refractivity contribution in [3.63, 3.8) is 0 Å². The molecule has 1 aliphatic rings. The molecule has 4 rings (SSSR count). The molecule has 7 heteroatoms. The van der Waals surface area contributed by atoms with Crippen molar-refractivity contribution in [1.82, 2.24) is 15.4 Å². The van der Waals surface area contributed by atoms with Gasteiger partial charge in [-0.05, 0) is 69.3 Å². The van der Waals surface area contributed by atoms with Crippen LogP contribution in [0.2, 0.25) is 0 Å². The van der Waals surface area contributed by atoms with Crippen LogP contribution < -0.4 is 10.1 Å². The van der Waals surface area contributed by atoms with E-state index in [9.17, 15) is 4.79 Å². The van der Waals surface area contributed by atoms with Crippen molar-refractivity contribution in [2.24, 2.45) is 5.92 Å². The van der Waals surface area contributed by atoms with Gasteiger partial charge in [0.1, 0.15) is 18.1 Å². The Bertz CT molecular complexity index is 1000. The summed E-state index contributed by atoms with van der Waals surface area (Å²) in [6.45, 7) is 9.09. The molecule has 0 bridgehead atoms. The molecule has 1 aliphatic heterocycles. The maximum absolute atomic E-state index is 13.1. The summed E-state index contributed by atoms with van der Waals surface area (Å²) >= 11 is 1.75. The molecule has 1 atom stereocenters. The van der Waals surface area contributed by atoms with Gasteiger partial charge in [-0.1, -0.05) is 30.3 Å². The first-order chi connectivity index (χ1) is 15.5. The summed E-state index contributed by atoms with van der Waals surface area (Å²) in [5.41, 5.74) is 2.26. The molecule has 1 fully saturated rings. The Hall–Kier alpha value is -2.64. The Kier molecular flexibility index (Phi) is 7.27. The minimum absolute atomic E-state index is 0.119. The maximum Gasteiger partial charge on any atom is 0.255 e. The molecule has 1 aromatic carbocycles. The predicted molar refractivity (Wildman–Crippen MR) is 126 cm³/mol. The summed E-state index contributed by atoms with van der Waals surface area (Å²) in [5, 5.41) is 9.24. The van der Waals surface area contributed by atoms with Gasteiger partial charge >= 0.3 is 0 Å². The lowest BCUT2D eigenvalue weighted by Crippen LogP contribution is -2.41. The number of carbonyl (C=O) groups excluding carboxylic acids is 1. The Labute approximate surface area is 193 Å². The highest BCUT2D eigenvalue weighted by molar-refractivity contribution is 7.10. The van der Waals surface area contributed by atoms with E-state index in [-0.39, 0.29) is 11.9 Å². The minimum Gasteiger partial charge on any atom is -0.488 e. The van der Waals surface area contributed by atoms with E-state index < -0.39 is 0 Å². The van der Waals surface area contributed by atoms with Crippen LogP contribution in [0.25, 0.3) is 0 Å². The first kappa shape index (κ1) is 22.6. The van der Waals surface area contributed by atoms with Gasteiger partial charge < -0.3 is 14.6 Å². The molecule has 170 valence electrons. The largest absolute Gasteiger partial charge is 0.488 e. The molecule has 6 nitrogen and oxygen atoms in total. The number of hydrogen-bond donors (Lipinski definition) is 1. The van der Waals surface area contributed by atoms with Crippen LogP contribution in [-0.4, -0.2) is 35.6 Å². The van der Waals surface area contributed by atoms with Crippen LogP contribution in [0.1, 0.15) is 58.1 Å². The van der Waals surface area contributed by atoms with Crippen molar-refractivity contribution in [2.45, 2.75) is 46.3 Å². The number of hydrogen-bond acceptors (Lipinski definition) is 6. The Morgan fingerprint density at radius 2 is 2.03 bits per heavy atom. The van der Waals surface area contributed by atoms with Gasteiger partial charge in [-0.15, -0.1) is 11.3 Å². The van der Waals surface area contributed by atoms with E-state index in [4.69, 9.17) is 9.26 Å². The molecule has 1 N–H and O–H groups in total. The van der Waals surface area contributed by atoms with E-state index in [1.54, 1.807) is 17.4 Å². The van der Waals surface area contributed by atoms with Crippen molar-refractivity contribution in [3.05, 3.63) is 69.2 Å². The Morgan fingerprint density at radius 1 is 1.25 bits per heavy atom. The highest BCUT2D eigenvalue weighted by Crippen LogP contribution is 2.29. The van der Waals surface area contributed by atoms with E-state index in [1.807, 2.05) is 32.0 Å². The van der Waals surface area contributed by atoms with Gasteiger partial charge in [-0.3, -0.25) is 9.69 Å². The molecule has 3 aromatic rings. The van der Waals surface area contributed by atoms with Gasteiger partial charge in [0.25, 0.3) is 5.91 Å². The van der Waals surface area contributed by atoms with Crippen LogP contribution in [0.5, 0.6) is 5.75 Å². The number of rotatable bonds is 8. The fourth-order valence-electron chi connectivity index (χ4n) is 4.15. The van der Waals surface area contributed by atoms with Gasteiger partial charge in [0.2, 0.25) is 0 Å². The molecule has 1 saturated heterocycles. The molecule has 32 heavy (non-hydrogen) atoms. The highest BCUT2D eigenvalue weighted by atomic mass is 32.1. The summed E-state index contributed by atoms with van der Waals surface area (Å²) in [7, 11) is 0. The second kappa shape index (κ2) is 10.3. The van der Waals surface area contributed by atoms with Crippen molar-refractivity contribution in [2.75, 3.05) is 19.6 Å². The average Bonchev–Trinajstić information content (AvgIpc) is 3.44. The molecule has 1 amide bonds. The van der Waals surface area contributed by atoms with Crippen LogP contribution in [-0.2, 0) is 6.61 Å². The number of thiophene rings is 1. The molecule has 3 heterocycles. The number of aryl methyl sites for hydroxylation is 2. The van der Waals surface area contributed by atoms with E-state index in [0.717, 1.165) is 36.0 Å². The van der Waals surface area contributed by atoms with E-state index >= 15 is 0 Å². The summed E-state index contributed by atoms with van der Waals surface area (Å²) in [6.07, 6.45) is 2.41. The van der Waals surface area contributed by atoms with Crippen molar-refractivity contribution in [1.29, 1.82) is 0 Å². The predicted octanol–water partition coefficient (Wildman–Crippen LogP) is 5.13. The maximum atomic E-state index is 13.1. The molecule has 0 spiro atoms. The fourth-order valence-corrected chi connectivity index (χ4v) is 5.01. The highest BCUT2D eigenvalue weighted by Gasteiger charge is 2.26. The first-order valence-corrected chi connectivity index (χ1v) is 12.1. The normalized spacial score (nSPS) is 16.1. The zero-order chi connectivity index (χ0) is 22.5. The van der Waals surface area contributed by atoms with E-state index in [2.05, 4.69) is 39.8 Å². The van der Waals surface area contributed by atoms with Gasteiger partial charge in [0.05, 0.1) is 22.9 Å². The Morgan fingerprint density at radius 3 is 2.72 bits per heavy atom. The lowest BCUT2D eigenvalue weighted by molar-refractivity contribution is 0.0910. The number of benzene rings is 1. The molecule has 2 aromatic heterocycles. The average molecular weight is 454 g/mol. The zero-order valence-electron chi connectivity index (χ0n) is 19.0. The molecular weight excluding hydrogens is 422 g/mol. The third-order valence-corrected chi connectivity index (χ3v) is 7.25. The smallest absolute Gasteiger partial charge is 0.255 e. The third-order valence-electron chi connectivity index (χ3n) is 6.27. The number of piperidine rings is 1. The fraction of sp³-hybridized carbons (Fsp3) is 0.440. The zero-order valence-corrected chi connectivity index (χ0v) is 19.8. The SMILES string of the molecule is Cc1noc(C)c1COc1ccccc1C(=O)NCC(c1cccs1)N1CCC(C)CC1. The van der Waals surface area contributed by atoms with Gasteiger partial charge in [0.15, 0.2) is 0 Å². The first-order valence-electron chi connectivity index (χ1n) is 11.2. The minimum atomic E-state index is -0.119. The van der Waals surface area contributed by atoms with Crippen LogP contribution in [0.15, 0.2) is 46.3 Å². The molecule has 0 radical (unpaired) electrons. The quantitative estimate of drug-likeness (QED) is 0.512. The van der Waals surface area contributed by atoms with Gasteiger partial charge in [-0.2, -0.15) is 0 Å². The summed E-state index contributed by atoms with van der Waals surface area (Å²) < 4.78 is 11.2. The second-order valence-corrected chi connectivity index (χ2v) is 9.53. The summed E-state index contributed by atoms with van der Waals surface area (Å²) in [4.78, 5) is 16.9. The van der Waals surface area contributed by atoms with E-state index in [0.29, 0.717) is 24.5 Å². The molecule has 1 unspecified atom stereocenters. The summed E-state index contributed by atoms with van der Waals surface area (Å²) in [5.74, 6) is 1.95. The number of aromatic nitrogens is 1. The monoisotopic (exact) mass is 453 g/mol. The number of nitrogens with zero attached hydrogens (tertiary/aromatic N) is 2. The number of nitrogens with one attached hydrogen (secondary N) is 1. The van der Waals surface area contributed by atoms with E-state index in [1.165, 1.54) is 17.7 Å². The number of para-hydroxylation sites is 1. The molecule has 0 saturated carbocycles. The topological polar surface area (TPSA) is 67.6 Å². The van der Waals surface area contributed by atoms with Crippen molar-refractivity contribution in [3.8, 4) is 5.75 Å². The van der Waals surface area contributed by atoms with Gasteiger partial charge in [0, 0.05) is 11.4 Å². The number of likely N-dealkylation sites (tertiary alicyclic amines) is 1. The lowest BCUT2D eigenvalue weighted by atomic mass is 9.97. The number of amides is 1. The van der Waals surface area contributed by atoms with Gasteiger partial charge in [-0.25, -0.2) is 0 Å². The van der Waals surface area contributed by atoms with Crippen LogP contribution in [0.4, 0.5) is 0 Å². The summed E-state index contributed by atoms with van der Waals surface area (Å²) in [6, 6.07) is 11.8. The molecular formula is C25H31N3O3S. The number of ether oxygens (including phenoxy) is 1. The van der Waals surface area contributed by atoms with Crippen LogP contribution in [0, 0.1) is 19.8 Å². The van der Waals surface area contributed by atoms with Crippen LogP contribution in [0.3, 0.4) is 0 Å². The van der Waals surface area contributed by atoms with Crippen molar-refractivity contribution >= 4 is 17.2 Å². The standard InChI is InChI=1S/C25H31N3O3S/c1-17-10-12-28(13-11-17)22(24-9-6-14-32-24)15-26-25(29)20-7-4-5-8-23(20)30-16-21-18(2)27-31-19(21)3/h4-9,14,17,22H,10-13,15-16H2,1-3H3,(H,26,29). The van der Waals surface area contributed by atoms with Crippen molar-refractivity contribution < 1.29 is 14.1 Å². The lowest BCUT2D eigenvalue weighted by Gasteiger charge is -2.36. The molecule has 0 aliphatic carbocycles. The van der Waals surface area contributed by atoms with Crippen LogP contribution >= 0.6 is 11.3 Å².